The van der Waals surface area contributed by atoms with Crippen LogP contribution in [0.25, 0.3) is 0 Å². The summed E-state index contributed by atoms with van der Waals surface area (Å²) in [6.07, 6.45) is 6.34. The first-order valence-electron chi connectivity index (χ1n) is 14.5. The standard InChI is InChI=1S/C31H45N3O5S/c1-22-10-13-28(14-11-22)40(37,38)32-27-12-15-29-26(16-27)17-31(36)34(24(3)21-35)18-23(2)30(39-29)20-33(4)19-25-8-6-5-7-9-25/h10-16,23-25,30,32,35H,5-9,17-21H2,1-4H3/t23-,24+,30+/m0/s1. The van der Waals surface area contributed by atoms with Crippen LogP contribution in [0.4, 0.5) is 5.69 Å². The van der Waals surface area contributed by atoms with Gasteiger partial charge in [-0.2, -0.15) is 0 Å². The molecule has 1 saturated carbocycles. The maximum absolute atomic E-state index is 13.5. The molecule has 0 unspecified atom stereocenters. The lowest BCUT2D eigenvalue weighted by Crippen LogP contribution is -2.48. The van der Waals surface area contributed by atoms with Crippen molar-refractivity contribution < 1.29 is 23.1 Å². The molecule has 0 spiro atoms. The Kier molecular flexibility index (Phi) is 10.1. The largest absolute Gasteiger partial charge is 0.488 e. The van der Waals surface area contributed by atoms with Gasteiger partial charge in [-0.3, -0.25) is 9.52 Å². The lowest BCUT2D eigenvalue weighted by Gasteiger charge is -2.35. The zero-order chi connectivity index (χ0) is 28.9. The Hall–Kier alpha value is -2.62. The van der Waals surface area contributed by atoms with E-state index < -0.39 is 10.0 Å². The molecule has 40 heavy (non-hydrogen) atoms. The number of sulfonamides is 1. The summed E-state index contributed by atoms with van der Waals surface area (Å²) in [5.74, 6) is 1.20. The fourth-order valence-electron chi connectivity index (χ4n) is 5.83. The van der Waals surface area contributed by atoms with Gasteiger partial charge in [-0.25, -0.2) is 8.42 Å². The molecule has 0 bridgehead atoms. The second kappa shape index (κ2) is 13.4. The van der Waals surface area contributed by atoms with Gasteiger partial charge in [0, 0.05) is 36.8 Å². The van der Waals surface area contributed by atoms with Gasteiger partial charge in [0.15, 0.2) is 0 Å². The van der Waals surface area contributed by atoms with E-state index in [1.807, 2.05) is 13.8 Å². The van der Waals surface area contributed by atoms with Gasteiger partial charge in [0.2, 0.25) is 5.91 Å². The molecule has 220 valence electrons. The van der Waals surface area contributed by atoms with Gasteiger partial charge in [0.1, 0.15) is 11.9 Å². The number of carbonyl (C=O) groups is 1. The van der Waals surface area contributed by atoms with Crippen LogP contribution in [0.1, 0.15) is 57.1 Å². The van der Waals surface area contributed by atoms with Gasteiger partial charge >= 0.3 is 0 Å². The predicted octanol–water partition coefficient (Wildman–Crippen LogP) is 4.46. The Morgan fingerprint density at radius 1 is 1.10 bits per heavy atom. The number of likely N-dealkylation sites (N-methyl/N-ethyl adjacent to an activating group) is 1. The summed E-state index contributed by atoms with van der Waals surface area (Å²) in [4.78, 5) is 17.7. The van der Waals surface area contributed by atoms with E-state index in [4.69, 9.17) is 4.74 Å². The number of nitrogens with zero attached hydrogens (tertiary/aromatic N) is 2. The molecular formula is C31H45N3O5S. The Morgan fingerprint density at radius 2 is 1.80 bits per heavy atom. The minimum atomic E-state index is -3.80. The number of aryl methyl sites for hydroxylation is 1. The second-order valence-electron chi connectivity index (χ2n) is 11.9. The van der Waals surface area contributed by atoms with E-state index in [0.29, 0.717) is 36.0 Å². The molecule has 1 fully saturated rings. The van der Waals surface area contributed by atoms with E-state index in [9.17, 15) is 18.3 Å². The average Bonchev–Trinajstić information content (AvgIpc) is 2.96. The zero-order valence-electron chi connectivity index (χ0n) is 24.3. The number of benzene rings is 2. The van der Waals surface area contributed by atoms with Crippen molar-refractivity contribution in [1.82, 2.24) is 9.80 Å². The van der Waals surface area contributed by atoms with Crippen molar-refractivity contribution in [3.8, 4) is 5.75 Å². The molecule has 9 heteroatoms. The molecule has 1 heterocycles. The molecule has 2 aliphatic rings. The predicted molar refractivity (Wildman–Crippen MR) is 158 cm³/mol. The highest BCUT2D eigenvalue weighted by Gasteiger charge is 2.31. The normalized spacial score (nSPS) is 21.6. The Morgan fingerprint density at radius 3 is 2.48 bits per heavy atom. The molecule has 8 nitrogen and oxygen atoms in total. The smallest absolute Gasteiger partial charge is 0.261 e. The van der Waals surface area contributed by atoms with E-state index in [1.54, 1.807) is 47.4 Å². The van der Waals surface area contributed by atoms with Crippen LogP contribution in [0.2, 0.25) is 0 Å². The summed E-state index contributed by atoms with van der Waals surface area (Å²) in [5.41, 5.74) is 1.97. The minimum Gasteiger partial charge on any atom is -0.488 e. The summed E-state index contributed by atoms with van der Waals surface area (Å²) >= 11 is 0. The first kappa shape index (κ1) is 30.3. The molecular weight excluding hydrogens is 526 g/mol. The topological polar surface area (TPSA) is 99.2 Å². The van der Waals surface area contributed by atoms with Crippen LogP contribution < -0.4 is 9.46 Å². The van der Waals surface area contributed by atoms with Gasteiger partial charge < -0.3 is 19.6 Å². The van der Waals surface area contributed by atoms with E-state index in [0.717, 1.165) is 12.1 Å². The van der Waals surface area contributed by atoms with Gasteiger partial charge in [0.25, 0.3) is 10.0 Å². The third kappa shape index (κ3) is 7.77. The van der Waals surface area contributed by atoms with Crippen molar-refractivity contribution in [2.75, 3.05) is 38.0 Å². The van der Waals surface area contributed by atoms with Crippen molar-refractivity contribution in [3.63, 3.8) is 0 Å². The number of aliphatic hydroxyl groups is 1. The molecule has 0 aromatic heterocycles. The molecule has 0 saturated heterocycles. The summed E-state index contributed by atoms with van der Waals surface area (Å²) < 4.78 is 35.3. The van der Waals surface area contributed by atoms with Crippen LogP contribution in [0.5, 0.6) is 5.75 Å². The fourth-order valence-corrected chi connectivity index (χ4v) is 6.88. The molecule has 1 aliphatic heterocycles. The van der Waals surface area contributed by atoms with Crippen molar-refractivity contribution >= 4 is 21.6 Å². The number of aliphatic hydroxyl groups excluding tert-OH is 1. The molecule has 1 aliphatic carbocycles. The van der Waals surface area contributed by atoms with Gasteiger partial charge in [0.05, 0.1) is 24.0 Å². The van der Waals surface area contributed by atoms with Crippen LogP contribution in [0.3, 0.4) is 0 Å². The third-order valence-electron chi connectivity index (χ3n) is 8.29. The molecule has 3 atom stereocenters. The van der Waals surface area contributed by atoms with Crippen molar-refractivity contribution in [1.29, 1.82) is 0 Å². The van der Waals surface area contributed by atoms with Crippen molar-refractivity contribution in [2.24, 2.45) is 11.8 Å². The number of fused-ring (bicyclic) bond motifs is 1. The molecule has 2 N–H and O–H groups in total. The monoisotopic (exact) mass is 571 g/mol. The number of anilines is 1. The zero-order valence-corrected chi connectivity index (χ0v) is 25.1. The van der Waals surface area contributed by atoms with Crippen LogP contribution in [0, 0.1) is 18.8 Å². The first-order chi connectivity index (χ1) is 19.1. The van der Waals surface area contributed by atoms with E-state index in [2.05, 4.69) is 23.6 Å². The number of carbonyl (C=O) groups excluding carboxylic acids is 1. The number of ether oxygens (including phenoxy) is 1. The van der Waals surface area contributed by atoms with E-state index in [-0.39, 0.29) is 41.9 Å². The lowest BCUT2D eigenvalue weighted by atomic mass is 9.89. The molecule has 1 amide bonds. The van der Waals surface area contributed by atoms with Gasteiger partial charge in [-0.15, -0.1) is 0 Å². The quantitative estimate of drug-likeness (QED) is 0.461. The van der Waals surface area contributed by atoms with Crippen molar-refractivity contribution in [2.45, 2.75) is 76.3 Å². The lowest BCUT2D eigenvalue weighted by molar-refractivity contribution is -0.134. The highest BCUT2D eigenvalue weighted by Crippen LogP contribution is 2.31. The fraction of sp³-hybridized carbons (Fsp3) is 0.581. The molecule has 4 rings (SSSR count). The van der Waals surface area contributed by atoms with Crippen LogP contribution >= 0.6 is 0 Å². The minimum absolute atomic E-state index is 0.0254. The van der Waals surface area contributed by atoms with Crippen LogP contribution in [-0.4, -0.2) is 74.7 Å². The molecule has 0 radical (unpaired) electrons. The molecule has 2 aromatic carbocycles. The Labute approximate surface area is 239 Å². The number of rotatable bonds is 9. The highest BCUT2D eigenvalue weighted by molar-refractivity contribution is 7.92. The van der Waals surface area contributed by atoms with Gasteiger partial charge in [-0.05, 0) is 70.0 Å². The van der Waals surface area contributed by atoms with Crippen LogP contribution in [-0.2, 0) is 21.2 Å². The van der Waals surface area contributed by atoms with E-state index >= 15 is 0 Å². The summed E-state index contributed by atoms with van der Waals surface area (Å²) in [7, 11) is -1.66. The second-order valence-corrected chi connectivity index (χ2v) is 13.5. The number of amides is 1. The number of hydrogen-bond acceptors (Lipinski definition) is 6. The van der Waals surface area contributed by atoms with E-state index in [1.165, 1.54) is 32.1 Å². The summed E-state index contributed by atoms with van der Waals surface area (Å²) in [6.45, 7) is 7.93. The summed E-state index contributed by atoms with van der Waals surface area (Å²) in [6, 6.07) is 11.5. The number of nitrogens with one attached hydrogen (secondary N) is 1. The Balaban J connectivity index is 1.60. The maximum Gasteiger partial charge on any atom is 0.261 e. The maximum atomic E-state index is 13.5. The molecule has 2 aromatic rings. The van der Waals surface area contributed by atoms with Gasteiger partial charge in [-0.1, -0.05) is 43.9 Å². The first-order valence-corrected chi connectivity index (χ1v) is 16.0. The van der Waals surface area contributed by atoms with Crippen LogP contribution in [0.15, 0.2) is 47.4 Å². The average molecular weight is 572 g/mol. The third-order valence-corrected chi connectivity index (χ3v) is 9.68. The SMILES string of the molecule is Cc1ccc(S(=O)(=O)Nc2ccc3c(c2)CC(=O)N([C@H](C)CO)C[C@H](C)[C@@H](CN(C)CC2CCCCC2)O3)cc1. The highest BCUT2D eigenvalue weighted by atomic mass is 32.2. The Bertz CT molecular complexity index is 1240. The number of hydrogen-bond donors (Lipinski definition) is 2. The summed E-state index contributed by atoms with van der Waals surface area (Å²) in [5, 5.41) is 9.90. The van der Waals surface area contributed by atoms with Crippen molar-refractivity contribution in [3.05, 3.63) is 53.6 Å².